The van der Waals surface area contributed by atoms with E-state index in [9.17, 15) is 33.1 Å². The van der Waals surface area contributed by atoms with Crippen molar-refractivity contribution in [1.29, 1.82) is 5.26 Å². The summed E-state index contributed by atoms with van der Waals surface area (Å²) in [6.07, 6.45) is 2.35. The fourth-order valence-corrected chi connectivity index (χ4v) is 8.21. The van der Waals surface area contributed by atoms with Crippen LogP contribution in [0.15, 0.2) is 52.3 Å². The fourth-order valence-electron chi connectivity index (χ4n) is 7.07. The van der Waals surface area contributed by atoms with Crippen molar-refractivity contribution in [3.05, 3.63) is 79.6 Å². The molecule has 1 aromatic carbocycles. The predicted octanol–water partition coefficient (Wildman–Crippen LogP) is 4.12. The highest BCUT2D eigenvalue weighted by Gasteiger charge is 2.40. The minimum absolute atomic E-state index is 0.190. The number of aromatic nitrogens is 3. The number of rotatable bonds is 6. The van der Waals surface area contributed by atoms with Crippen molar-refractivity contribution >= 4 is 27.2 Å². The lowest BCUT2D eigenvalue weighted by molar-refractivity contribution is -0.141. The molecule has 234 valence electrons. The van der Waals surface area contributed by atoms with Crippen LogP contribution in [0, 0.1) is 11.3 Å². The molecule has 0 spiro atoms. The van der Waals surface area contributed by atoms with Crippen LogP contribution in [0.25, 0.3) is 21.3 Å². The van der Waals surface area contributed by atoms with E-state index in [1.165, 1.54) is 11.3 Å². The van der Waals surface area contributed by atoms with Crippen LogP contribution >= 0.6 is 11.3 Å². The number of likely N-dealkylation sites (tertiary alicyclic amines) is 1. The third-order valence-corrected chi connectivity index (χ3v) is 10.5. The van der Waals surface area contributed by atoms with E-state index in [1.54, 1.807) is 12.3 Å². The Morgan fingerprint density at radius 1 is 1.09 bits per heavy atom. The maximum atomic E-state index is 13.0. The molecule has 1 saturated carbocycles. The number of aliphatic hydroxyl groups excluding tert-OH is 1. The van der Waals surface area contributed by atoms with Gasteiger partial charge in [0, 0.05) is 71.9 Å². The van der Waals surface area contributed by atoms with Gasteiger partial charge in [-0.25, -0.2) is 4.79 Å². The van der Waals surface area contributed by atoms with Crippen molar-refractivity contribution in [2.45, 2.75) is 69.6 Å². The van der Waals surface area contributed by atoms with Crippen molar-refractivity contribution in [3.8, 4) is 17.2 Å². The van der Waals surface area contributed by atoms with Crippen molar-refractivity contribution < 1.29 is 18.3 Å². The van der Waals surface area contributed by atoms with Crippen molar-refractivity contribution in [1.82, 2.24) is 19.0 Å². The molecule has 1 unspecified atom stereocenters. The van der Waals surface area contributed by atoms with E-state index < -0.39 is 24.0 Å². The molecule has 2 aliphatic heterocycles. The molecule has 45 heavy (non-hydrogen) atoms. The van der Waals surface area contributed by atoms with Crippen LogP contribution in [0.3, 0.4) is 0 Å². The van der Waals surface area contributed by atoms with Gasteiger partial charge >= 0.3 is 11.9 Å². The van der Waals surface area contributed by atoms with Crippen molar-refractivity contribution in [3.63, 3.8) is 0 Å². The number of alkyl halides is 3. The molecule has 7 rings (SSSR count). The largest absolute Gasteiger partial charge is 0.406 e. The van der Waals surface area contributed by atoms with Crippen LogP contribution in [-0.4, -0.2) is 68.1 Å². The summed E-state index contributed by atoms with van der Waals surface area (Å²) in [7, 11) is 0. The second-order valence-electron chi connectivity index (χ2n) is 12.1. The third kappa shape index (κ3) is 5.55. The number of aryl methyl sites for hydroxylation is 1. The first-order valence-corrected chi connectivity index (χ1v) is 15.9. The Hall–Kier alpha value is -3.99. The lowest BCUT2D eigenvalue weighted by Gasteiger charge is -2.41. The van der Waals surface area contributed by atoms with Gasteiger partial charge in [0.25, 0.3) is 5.56 Å². The second-order valence-corrected chi connectivity index (χ2v) is 13.3. The Morgan fingerprint density at radius 3 is 2.67 bits per heavy atom. The molecule has 1 saturated heterocycles. The van der Waals surface area contributed by atoms with Gasteiger partial charge in [0.1, 0.15) is 6.54 Å². The summed E-state index contributed by atoms with van der Waals surface area (Å²) >= 11 is 1.33. The molecule has 5 heterocycles. The molecule has 9 nitrogen and oxygen atoms in total. The molecule has 1 aliphatic carbocycles. The molecule has 3 aromatic heterocycles. The minimum atomic E-state index is -4.61. The number of hydrogen-bond donors (Lipinski definition) is 1. The van der Waals surface area contributed by atoms with Gasteiger partial charge in [-0.1, -0.05) is 0 Å². The first kappa shape index (κ1) is 29.7. The Bertz CT molecular complexity index is 1940. The monoisotopic (exact) mass is 636 g/mol. The Balaban J connectivity index is 1.28. The van der Waals surface area contributed by atoms with E-state index in [0.29, 0.717) is 20.5 Å². The van der Waals surface area contributed by atoms with Gasteiger partial charge in [0.2, 0.25) is 0 Å². The summed E-state index contributed by atoms with van der Waals surface area (Å²) in [6.45, 7) is 1.00. The van der Waals surface area contributed by atoms with Crippen LogP contribution in [0.1, 0.15) is 41.7 Å². The SMILES string of the molecule is N#Cc1cc2c(c(-c3ccnc4cc(Cn5c(=O)ccn(CC(F)(F)F)c5=O)sc34)c1)N(C1CCN([C@H]3CC[C@@H]3O)C1)CCC2. The van der Waals surface area contributed by atoms with Crippen LogP contribution in [-0.2, 0) is 19.5 Å². The molecule has 2 fully saturated rings. The van der Waals surface area contributed by atoms with E-state index in [1.807, 2.05) is 18.2 Å². The Morgan fingerprint density at radius 2 is 1.93 bits per heavy atom. The summed E-state index contributed by atoms with van der Waals surface area (Å²) in [5.41, 5.74) is 3.47. The van der Waals surface area contributed by atoms with E-state index in [-0.39, 0.29) is 24.7 Å². The number of benzene rings is 1. The Labute approximate surface area is 260 Å². The summed E-state index contributed by atoms with van der Waals surface area (Å²) in [5.74, 6) is 0. The van der Waals surface area contributed by atoms with Crippen molar-refractivity contribution in [2.75, 3.05) is 24.5 Å². The molecule has 3 atom stereocenters. The zero-order valence-electron chi connectivity index (χ0n) is 24.3. The number of nitrogens with zero attached hydrogens (tertiary/aromatic N) is 6. The first-order chi connectivity index (χ1) is 21.6. The number of anilines is 1. The van der Waals surface area contributed by atoms with Gasteiger partial charge in [-0.2, -0.15) is 18.4 Å². The van der Waals surface area contributed by atoms with E-state index in [2.05, 4.69) is 20.9 Å². The number of aliphatic hydroxyl groups is 1. The standard InChI is InChI=1S/C32H31F3N6O3S/c33-32(34,35)18-39-11-7-28(43)41(31(39)44)17-22-14-25-30(45-22)23(5-8-37-25)24-13-19(15-36)12-20-2-1-9-40(29(20)24)21-6-10-38(16-21)26-3-4-27(26)42/h5,7-8,11-14,21,26-27,42H,1-4,6,9-10,16-18H2/t21?,26-,27-/m0/s1. The average molecular weight is 637 g/mol. The molecular weight excluding hydrogens is 605 g/mol. The van der Waals surface area contributed by atoms with Crippen molar-refractivity contribution in [2.24, 2.45) is 0 Å². The van der Waals surface area contributed by atoms with Gasteiger partial charge in [-0.15, -0.1) is 11.3 Å². The van der Waals surface area contributed by atoms with E-state index in [0.717, 1.165) is 95.6 Å². The topological polar surface area (TPSA) is 107 Å². The molecule has 4 aromatic rings. The smallest absolute Gasteiger partial charge is 0.391 e. The highest BCUT2D eigenvalue weighted by molar-refractivity contribution is 7.19. The van der Waals surface area contributed by atoms with Crippen LogP contribution < -0.4 is 16.1 Å². The van der Waals surface area contributed by atoms with Gasteiger partial charge in [-0.05, 0) is 61.9 Å². The number of nitriles is 1. The van der Waals surface area contributed by atoms with Crippen LogP contribution in [0.2, 0.25) is 0 Å². The molecule has 0 bridgehead atoms. The molecular formula is C32H31F3N6O3S. The van der Waals surface area contributed by atoms with Crippen LogP contribution in [0.4, 0.5) is 18.9 Å². The van der Waals surface area contributed by atoms with Crippen LogP contribution in [0.5, 0.6) is 0 Å². The quantitative estimate of drug-likeness (QED) is 0.340. The lowest BCUT2D eigenvalue weighted by atomic mass is 9.88. The van der Waals surface area contributed by atoms with Gasteiger partial charge in [0.05, 0.1) is 34.5 Å². The lowest BCUT2D eigenvalue weighted by Crippen LogP contribution is -2.51. The second kappa shape index (κ2) is 11.4. The highest BCUT2D eigenvalue weighted by Crippen LogP contribution is 2.44. The summed E-state index contributed by atoms with van der Waals surface area (Å²) in [6, 6.07) is 11.3. The Kier molecular flexibility index (Phi) is 7.54. The molecule has 0 radical (unpaired) electrons. The first-order valence-electron chi connectivity index (χ1n) is 15.1. The maximum absolute atomic E-state index is 13.0. The summed E-state index contributed by atoms with van der Waals surface area (Å²) in [4.78, 5) is 35.4. The summed E-state index contributed by atoms with van der Waals surface area (Å²) in [5, 5.41) is 20.2. The maximum Gasteiger partial charge on any atom is 0.406 e. The number of hydrogen-bond acceptors (Lipinski definition) is 8. The molecule has 3 aliphatic rings. The molecule has 13 heteroatoms. The highest BCUT2D eigenvalue weighted by atomic mass is 32.1. The molecule has 0 amide bonds. The zero-order chi connectivity index (χ0) is 31.5. The predicted molar refractivity (Wildman–Crippen MR) is 165 cm³/mol. The number of halogens is 3. The fraction of sp³-hybridized carbons (Fsp3) is 0.438. The van der Waals surface area contributed by atoms with E-state index >= 15 is 0 Å². The third-order valence-electron chi connectivity index (χ3n) is 9.31. The number of thiophene rings is 1. The van der Waals surface area contributed by atoms with E-state index in [4.69, 9.17) is 0 Å². The number of pyridine rings is 1. The van der Waals surface area contributed by atoms with Gasteiger partial charge in [-0.3, -0.25) is 23.8 Å². The summed E-state index contributed by atoms with van der Waals surface area (Å²) < 4.78 is 41.2. The average Bonchev–Trinajstić information content (AvgIpc) is 3.65. The minimum Gasteiger partial charge on any atom is -0.391 e. The zero-order valence-corrected chi connectivity index (χ0v) is 25.2. The normalized spacial score (nSPS) is 21.9. The van der Waals surface area contributed by atoms with Gasteiger partial charge in [0.15, 0.2) is 0 Å². The molecule has 1 N–H and O–H groups in total. The number of fused-ring (bicyclic) bond motifs is 2. The van der Waals surface area contributed by atoms with Gasteiger partial charge < -0.3 is 10.0 Å².